The first-order valence-electron chi connectivity index (χ1n) is 5.12. The van der Waals surface area contributed by atoms with E-state index in [0.717, 1.165) is 18.7 Å². The van der Waals surface area contributed by atoms with Gasteiger partial charge in [-0.1, -0.05) is 6.07 Å². The monoisotopic (exact) mass is 223 g/mol. The smallest absolute Gasteiger partial charge is 0.119 e. The summed E-state index contributed by atoms with van der Waals surface area (Å²) in [4.78, 5) is 0. The lowest BCUT2D eigenvalue weighted by molar-refractivity contribution is 0.318. The lowest BCUT2D eigenvalue weighted by Gasteiger charge is -2.13. The highest BCUT2D eigenvalue weighted by molar-refractivity contribution is 6.17. The molecule has 0 spiro atoms. The Morgan fingerprint density at radius 1 is 1.40 bits per heavy atom. The van der Waals surface area contributed by atoms with Crippen LogP contribution in [0.15, 0.2) is 24.4 Å². The van der Waals surface area contributed by atoms with E-state index >= 15 is 0 Å². The molecule has 0 unspecified atom stereocenters. The normalized spacial score (nSPS) is 13.1. The van der Waals surface area contributed by atoms with Gasteiger partial charge in [-0.3, -0.25) is 0 Å². The topological polar surface area (TPSA) is 21.3 Å². The molecule has 1 aliphatic rings. The van der Waals surface area contributed by atoms with E-state index in [9.17, 15) is 0 Å². The van der Waals surface area contributed by atoms with Crippen LogP contribution < -0.4 is 10.1 Å². The van der Waals surface area contributed by atoms with Crippen LogP contribution in [0.1, 0.15) is 17.5 Å². The van der Waals surface area contributed by atoms with Crippen molar-refractivity contribution >= 4 is 17.7 Å². The molecular formula is C12H14ClNO. The molecule has 0 saturated carbocycles. The Morgan fingerprint density at radius 2 is 2.33 bits per heavy atom. The number of alkyl halides is 1. The summed E-state index contributed by atoms with van der Waals surface area (Å²) in [6, 6.07) is 6.17. The van der Waals surface area contributed by atoms with Crippen molar-refractivity contribution < 1.29 is 4.74 Å². The van der Waals surface area contributed by atoms with Gasteiger partial charge >= 0.3 is 0 Å². The molecule has 0 saturated heterocycles. The number of fused-ring (bicyclic) bond motifs is 1. The molecule has 0 amide bonds. The van der Waals surface area contributed by atoms with Crippen LogP contribution in [0.4, 0.5) is 0 Å². The van der Waals surface area contributed by atoms with Gasteiger partial charge in [0.05, 0.1) is 6.61 Å². The number of nitrogens with one attached hydrogen (secondary N) is 1. The van der Waals surface area contributed by atoms with E-state index in [-0.39, 0.29) is 0 Å². The van der Waals surface area contributed by atoms with Gasteiger partial charge in [-0.05, 0) is 42.0 Å². The van der Waals surface area contributed by atoms with Crippen molar-refractivity contribution in [3.05, 3.63) is 35.5 Å². The summed E-state index contributed by atoms with van der Waals surface area (Å²) in [5.74, 6) is 1.57. The number of halogens is 1. The highest BCUT2D eigenvalue weighted by Crippen LogP contribution is 2.21. The van der Waals surface area contributed by atoms with Crippen molar-refractivity contribution in [3.8, 4) is 5.75 Å². The summed E-state index contributed by atoms with van der Waals surface area (Å²) in [7, 11) is 0. The maximum Gasteiger partial charge on any atom is 0.119 e. The van der Waals surface area contributed by atoms with Crippen molar-refractivity contribution in [1.29, 1.82) is 0 Å². The zero-order valence-electron chi connectivity index (χ0n) is 8.50. The first kappa shape index (κ1) is 10.4. The Hall–Kier alpha value is -1.15. The summed E-state index contributed by atoms with van der Waals surface area (Å²) in [6.45, 7) is 1.56. The average Bonchev–Trinajstić information content (AvgIpc) is 2.29. The Morgan fingerprint density at radius 3 is 3.20 bits per heavy atom. The van der Waals surface area contributed by atoms with E-state index in [1.807, 2.05) is 12.3 Å². The maximum absolute atomic E-state index is 5.58. The van der Waals surface area contributed by atoms with Crippen molar-refractivity contribution in [2.75, 3.05) is 12.5 Å². The van der Waals surface area contributed by atoms with E-state index in [1.165, 1.54) is 11.1 Å². The Labute approximate surface area is 94.9 Å². The number of hydrogen-bond acceptors (Lipinski definition) is 2. The van der Waals surface area contributed by atoms with Crippen LogP contribution >= 0.6 is 11.6 Å². The first-order chi connectivity index (χ1) is 7.40. The molecule has 0 aliphatic carbocycles. The van der Waals surface area contributed by atoms with Gasteiger partial charge in [0.15, 0.2) is 0 Å². The van der Waals surface area contributed by atoms with Crippen LogP contribution in [-0.2, 0) is 6.54 Å². The van der Waals surface area contributed by atoms with Gasteiger partial charge < -0.3 is 10.1 Å². The molecular weight excluding hydrogens is 210 g/mol. The van der Waals surface area contributed by atoms with Crippen LogP contribution in [0.3, 0.4) is 0 Å². The highest BCUT2D eigenvalue weighted by Gasteiger charge is 2.04. The average molecular weight is 224 g/mol. The number of benzene rings is 1. The molecule has 3 heteroatoms. The SMILES string of the molecule is ClCCCOc1ccc2c(c1)CNC=C2. The molecule has 1 aromatic carbocycles. The molecule has 0 radical (unpaired) electrons. The molecule has 1 aromatic rings. The predicted octanol–water partition coefficient (Wildman–Crippen LogP) is 2.77. The van der Waals surface area contributed by atoms with Crippen LogP contribution in [0.5, 0.6) is 5.75 Å². The fourth-order valence-electron chi connectivity index (χ4n) is 1.55. The summed E-state index contributed by atoms with van der Waals surface area (Å²) in [5, 5.41) is 3.18. The van der Waals surface area contributed by atoms with Gasteiger partial charge in [0.25, 0.3) is 0 Å². The van der Waals surface area contributed by atoms with E-state index in [1.54, 1.807) is 0 Å². The highest BCUT2D eigenvalue weighted by atomic mass is 35.5. The minimum atomic E-state index is 0.648. The second kappa shape index (κ2) is 5.08. The summed E-state index contributed by atoms with van der Waals surface area (Å²) >= 11 is 5.58. The Balaban J connectivity index is 2.04. The second-order valence-electron chi connectivity index (χ2n) is 3.47. The Bertz CT molecular complexity index is 363. The van der Waals surface area contributed by atoms with E-state index in [4.69, 9.17) is 16.3 Å². The van der Waals surface area contributed by atoms with Crippen molar-refractivity contribution in [2.24, 2.45) is 0 Å². The van der Waals surface area contributed by atoms with Crippen molar-refractivity contribution in [1.82, 2.24) is 5.32 Å². The third-order valence-corrected chi connectivity index (χ3v) is 2.60. The van der Waals surface area contributed by atoms with E-state index in [2.05, 4.69) is 23.5 Å². The third-order valence-electron chi connectivity index (χ3n) is 2.33. The molecule has 1 heterocycles. The molecule has 0 aromatic heterocycles. The van der Waals surface area contributed by atoms with Gasteiger partial charge in [0, 0.05) is 12.4 Å². The Kier molecular flexibility index (Phi) is 3.51. The zero-order valence-corrected chi connectivity index (χ0v) is 9.26. The third kappa shape index (κ3) is 2.66. The molecule has 2 rings (SSSR count). The minimum Gasteiger partial charge on any atom is -0.494 e. The van der Waals surface area contributed by atoms with E-state index in [0.29, 0.717) is 12.5 Å². The number of rotatable bonds is 4. The van der Waals surface area contributed by atoms with Crippen LogP contribution in [0.25, 0.3) is 6.08 Å². The molecule has 1 N–H and O–H groups in total. The fourth-order valence-corrected chi connectivity index (χ4v) is 1.66. The molecule has 0 bridgehead atoms. The summed E-state index contributed by atoms with van der Waals surface area (Å²) in [6.07, 6.45) is 4.93. The quantitative estimate of drug-likeness (QED) is 0.626. The number of hydrogen-bond donors (Lipinski definition) is 1. The molecule has 80 valence electrons. The van der Waals surface area contributed by atoms with Crippen LogP contribution in [-0.4, -0.2) is 12.5 Å². The standard InChI is InChI=1S/C12H14ClNO/c13-5-1-7-15-12-3-2-10-4-6-14-9-11(10)8-12/h2-4,6,8,14H,1,5,7,9H2. The maximum atomic E-state index is 5.58. The van der Waals surface area contributed by atoms with Crippen molar-refractivity contribution in [3.63, 3.8) is 0 Å². The van der Waals surface area contributed by atoms with Crippen LogP contribution in [0.2, 0.25) is 0 Å². The molecule has 1 aliphatic heterocycles. The molecule has 15 heavy (non-hydrogen) atoms. The van der Waals surface area contributed by atoms with Gasteiger partial charge in [0.1, 0.15) is 5.75 Å². The molecule has 2 nitrogen and oxygen atoms in total. The second-order valence-corrected chi connectivity index (χ2v) is 3.84. The lowest BCUT2D eigenvalue weighted by atomic mass is 10.1. The summed E-state index contributed by atoms with van der Waals surface area (Å²) in [5.41, 5.74) is 2.54. The lowest BCUT2D eigenvalue weighted by Crippen LogP contribution is -2.10. The van der Waals surface area contributed by atoms with Gasteiger partial charge in [-0.25, -0.2) is 0 Å². The van der Waals surface area contributed by atoms with Gasteiger partial charge in [-0.2, -0.15) is 0 Å². The minimum absolute atomic E-state index is 0.648. The van der Waals surface area contributed by atoms with Crippen molar-refractivity contribution in [2.45, 2.75) is 13.0 Å². The van der Waals surface area contributed by atoms with Gasteiger partial charge in [-0.15, -0.1) is 11.6 Å². The van der Waals surface area contributed by atoms with Crippen LogP contribution in [0, 0.1) is 0 Å². The summed E-state index contributed by atoms with van der Waals surface area (Å²) < 4.78 is 5.58. The molecule has 0 atom stereocenters. The first-order valence-corrected chi connectivity index (χ1v) is 5.65. The largest absolute Gasteiger partial charge is 0.494 e. The van der Waals surface area contributed by atoms with E-state index < -0.39 is 0 Å². The van der Waals surface area contributed by atoms with Gasteiger partial charge in [0.2, 0.25) is 0 Å². The number of ether oxygens (including phenoxy) is 1. The fraction of sp³-hybridized carbons (Fsp3) is 0.333. The zero-order chi connectivity index (χ0) is 10.5. The molecule has 0 fully saturated rings. The predicted molar refractivity (Wildman–Crippen MR) is 63.1 cm³/mol.